The van der Waals surface area contributed by atoms with Gasteiger partial charge < -0.3 is 14.6 Å². The van der Waals surface area contributed by atoms with Crippen molar-refractivity contribution in [3.8, 4) is 23.0 Å². The lowest BCUT2D eigenvalue weighted by Crippen LogP contribution is -2.32. The van der Waals surface area contributed by atoms with E-state index < -0.39 is 0 Å². The lowest BCUT2D eigenvalue weighted by atomic mass is 10.1. The number of aryl methyl sites for hydroxylation is 1. The second kappa shape index (κ2) is 9.75. The lowest BCUT2D eigenvalue weighted by molar-refractivity contribution is 0.145. The Bertz CT molecular complexity index is 1400. The van der Waals surface area contributed by atoms with Crippen LogP contribution in [0.3, 0.4) is 0 Å². The van der Waals surface area contributed by atoms with Gasteiger partial charge in [0.15, 0.2) is 0 Å². The second-order valence-electron chi connectivity index (χ2n) is 9.24. The third kappa shape index (κ3) is 4.35. The van der Waals surface area contributed by atoms with Crippen molar-refractivity contribution in [2.45, 2.75) is 39.5 Å². The number of fused-ring (bicyclic) bond motifs is 4. The Morgan fingerprint density at radius 1 is 1.28 bits per heavy atom. The van der Waals surface area contributed by atoms with Gasteiger partial charge in [0, 0.05) is 25.5 Å². The zero-order valence-corrected chi connectivity index (χ0v) is 21.3. The van der Waals surface area contributed by atoms with Gasteiger partial charge in [-0.1, -0.05) is 0 Å². The van der Waals surface area contributed by atoms with Crippen molar-refractivity contribution < 1.29 is 14.6 Å². The fourth-order valence-corrected chi connectivity index (χ4v) is 4.57. The normalized spacial score (nSPS) is 18.2. The summed E-state index contributed by atoms with van der Waals surface area (Å²) in [6, 6.07) is 1.79. The van der Waals surface area contributed by atoms with Crippen molar-refractivity contribution in [2.24, 2.45) is 7.05 Å². The molecule has 0 spiro atoms. The zero-order valence-electron chi connectivity index (χ0n) is 21.3. The summed E-state index contributed by atoms with van der Waals surface area (Å²) in [5, 5.41) is 27.6. The summed E-state index contributed by atoms with van der Waals surface area (Å²) < 4.78 is 15.9. The average Bonchev–Trinajstić information content (AvgIpc) is 3.52. The van der Waals surface area contributed by atoms with E-state index in [9.17, 15) is 5.11 Å². The van der Waals surface area contributed by atoms with Gasteiger partial charge in [0.2, 0.25) is 11.8 Å². The van der Waals surface area contributed by atoms with E-state index in [1.807, 2.05) is 57.8 Å². The predicted molar refractivity (Wildman–Crippen MR) is 137 cm³/mol. The average molecular weight is 493 g/mol. The molecule has 0 aromatic carbocycles. The molecule has 0 saturated heterocycles. The summed E-state index contributed by atoms with van der Waals surface area (Å²) in [7, 11) is 3.91. The van der Waals surface area contributed by atoms with Crippen LogP contribution in [-0.2, 0) is 13.6 Å². The van der Waals surface area contributed by atoms with Gasteiger partial charge >= 0.3 is 0 Å². The van der Waals surface area contributed by atoms with Gasteiger partial charge in [-0.2, -0.15) is 10.2 Å². The molecule has 5 heterocycles. The van der Waals surface area contributed by atoms with Gasteiger partial charge in [-0.15, -0.1) is 5.10 Å². The number of ether oxygens (including phenoxy) is 2. The standard InChI is InChI=1S/C25H32N8O3/c1-6-35-24-17-7-8-20-18-9-21(26-11-22(18)29-28-20)19-10-27-32(5)25(19)36-16(3)12-31(4)13-23(17)33(30-24)15(2)14-34/h7-11,15-16,34H,6,12-14H2,1-5H3,(H,28,29)/b8-7+. The number of aliphatic hydroxyl groups is 1. The number of nitrogens with one attached hydrogen (secondary N) is 1. The first-order valence-electron chi connectivity index (χ1n) is 12.1. The first-order chi connectivity index (χ1) is 17.4. The highest BCUT2D eigenvalue weighted by Gasteiger charge is 2.24. The van der Waals surface area contributed by atoms with E-state index in [1.54, 1.807) is 17.1 Å². The quantitative estimate of drug-likeness (QED) is 0.446. The summed E-state index contributed by atoms with van der Waals surface area (Å²) in [5.41, 5.74) is 5.01. The molecular weight excluding hydrogens is 460 g/mol. The van der Waals surface area contributed by atoms with Crippen molar-refractivity contribution in [1.82, 2.24) is 39.6 Å². The number of H-pyrrole nitrogens is 1. The first-order valence-corrected chi connectivity index (χ1v) is 12.1. The van der Waals surface area contributed by atoms with E-state index in [0.29, 0.717) is 31.5 Å². The number of pyridine rings is 1. The lowest BCUT2D eigenvalue weighted by Gasteiger charge is -2.24. The molecular formula is C25H32N8O3. The smallest absolute Gasteiger partial charge is 0.240 e. The van der Waals surface area contributed by atoms with Gasteiger partial charge in [0.25, 0.3) is 0 Å². The van der Waals surface area contributed by atoms with Crippen LogP contribution in [-0.4, -0.2) is 77.7 Å². The summed E-state index contributed by atoms with van der Waals surface area (Å²) in [5.74, 6) is 1.20. The van der Waals surface area contributed by atoms with Crippen LogP contribution in [0, 0.1) is 0 Å². The van der Waals surface area contributed by atoms with Crippen molar-refractivity contribution in [1.29, 1.82) is 0 Å². The van der Waals surface area contributed by atoms with Gasteiger partial charge in [-0.05, 0) is 46.0 Å². The van der Waals surface area contributed by atoms with Crippen LogP contribution in [0.4, 0.5) is 0 Å². The molecule has 1 aliphatic rings. The van der Waals surface area contributed by atoms with Gasteiger partial charge in [0.1, 0.15) is 6.10 Å². The number of rotatable bonds is 4. The van der Waals surface area contributed by atoms with Crippen molar-refractivity contribution >= 4 is 23.1 Å². The molecule has 4 aromatic rings. The number of hydrogen-bond acceptors (Lipinski definition) is 8. The Kier molecular flexibility index (Phi) is 6.50. The van der Waals surface area contributed by atoms with E-state index in [1.165, 1.54) is 0 Å². The minimum absolute atomic E-state index is 0.0321. The number of nitrogens with zero attached hydrogens (tertiary/aromatic N) is 7. The van der Waals surface area contributed by atoms with Crippen LogP contribution in [0.15, 0.2) is 18.5 Å². The van der Waals surface area contributed by atoms with Crippen molar-refractivity contribution in [3.63, 3.8) is 0 Å². The highest BCUT2D eigenvalue weighted by molar-refractivity contribution is 5.91. The molecule has 5 rings (SSSR count). The predicted octanol–water partition coefficient (Wildman–Crippen LogP) is 2.89. The molecule has 11 heteroatoms. The number of aliphatic hydroxyl groups excluding tert-OH is 1. The van der Waals surface area contributed by atoms with Crippen LogP contribution in [0.2, 0.25) is 0 Å². The number of hydrogen-bond donors (Lipinski definition) is 2. The molecule has 11 nitrogen and oxygen atoms in total. The molecule has 1 aliphatic heterocycles. The number of likely N-dealkylation sites (N-methyl/N-ethyl adjacent to an activating group) is 1. The fourth-order valence-electron chi connectivity index (χ4n) is 4.57. The molecule has 2 atom stereocenters. The highest BCUT2D eigenvalue weighted by Crippen LogP contribution is 2.33. The maximum Gasteiger partial charge on any atom is 0.240 e. The Morgan fingerprint density at radius 2 is 2.11 bits per heavy atom. The van der Waals surface area contributed by atoms with Gasteiger partial charge in [0.05, 0.1) is 65.4 Å². The molecule has 0 fully saturated rings. The van der Waals surface area contributed by atoms with E-state index in [2.05, 4.69) is 25.2 Å². The fraction of sp³-hybridized carbons (Fsp3) is 0.440. The molecule has 190 valence electrons. The monoisotopic (exact) mass is 492 g/mol. The van der Waals surface area contributed by atoms with Crippen molar-refractivity contribution in [3.05, 3.63) is 35.4 Å². The second-order valence-corrected chi connectivity index (χ2v) is 9.24. The molecule has 0 saturated carbocycles. The molecule has 0 aliphatic carbocycles. The topological polar surface area (TPSA) is 119 Å². The SMILES string of the molecule is CCOc1nn(C(C)CO)c2c1/C=C/c1n[nH]c3cnc(cc13)-c1cnn(C)c1OC(C)CN(C)C2. The molecule has 2 unspecified atom stereocenters. The van der Waals surface area contributed by atoms with Gasteiger partial charge in [-0.3, -0.25) is 19.7 Å². The van der Waals surface area contributed by atoms with E-state index >= 15 is 0 Å². The van der Waals surface area contributed by atoms with Crippen LogP contribution < -0.4 is 9.47 Å². The summed E-state index contributed by atoms with van der Waals surface area (Å²) in [6.45, 7) is 7.61. The van der Waals surface area contributed by atoms with Crippen LogP contribution in [0.5, 0.6) is 11.8 Å². The Morgan fingerprint density at radius 3 is 2.89 bits per heavy atom. The summed E-state index contributed by atoms with van der Waals surface area (Å²) in [6.07, 6.45) is 7.39. The third-order valence-corrected chi connectivity index (χ3v) is 6.33. The number of aromatic nitrogens is 7. The molecule has 4 aromatic heterocycles. The van der Waals surface area contributed by atoms with Crippen LogP contribution >= 0.6 is 0 Å². The Balaban J connectivity index is 1.70. The van der Waals surface area contributed by atoms with Crippen LogP contribution in [0.25, 0.3) is 34.3 Å². The minimum atomic E-state index is -0.206. The van der Waals surface area contributed by atoms with E-state index in [0.717, 1.165) is 39.1 Å². The molecule has 0 radical (unpaired) electrons. The number of aromatic amines is 1. The van der Waals surface area contributed by atoms with Crippen LogP contribution in [0.1, 0.15) is 43.8 Å². The van der Waals surface area contributed by atoms with E-state index in [-0.39, 0.29) is 18.8 Å². The van der Waals surface area contributed by atoms with Crippen molar-refractivity contribution in [2.75, 3.05) is 26.8 Å². The van der Waals surface area contributed by atoms with Gasteiger partial charge in [-0.25, -0.2) is 4.68 Å². The third-order valence-electron chi connectivity index (χ3n) is 6.33. The molecule has 0 amide bonds. The largest absolute Gasteiger partial charge is 0.476 e. The highest BCUT2D eigenvalue weighted by atomic mass is 16.5. The molecule has 36 heavy (non-hydrogen) atoms. The minimum Gasteiger partial charge on any atom is -0.476 e. The maximum absolute atomic E-state index is 9.91. The zero-order chi connectivity index (χ0) is 25.4. The summed E-state index contributed by atoms with van der Waals surface area (Å²) in [4.78, 5) is 6.81. The summed E-state index contributed by atoms with van der Waals surface area (Å²) >= 11 is 0. The molecule has 2 bridgehead atoms. The first kappa shape index (κ1) is 24.0. The maximum atomic E-state index is 9.91. The van der Waals surface area contributed by atoms with E-state index in [4.69, 9.17) is 14.6 Å². The Labute approximate surface area is 209 Å². The Hall–Kier alpha value is -3.70. The molecule has 2 N–H and O–H groups in total.